The van der Waals surface area contributed by atoms with Crippen molar-refractivity contribution in [3.8, 4) is 11.5 Å². The molecular weight excluding hydrogens is 520 g/mol. The van der Waals surface area contributed by atoms with Crippen LogP contribution in [0.2, 0.25) is 0 Å². The zero-order chi connectivity index (χ0) is 27.8. The number of benzene rings is 2. The summed E-state index contributed by atoms with van der Waals surface area (Å²) in [6, 6.07) is 13.6. The standard InChI is InChI=1S/C27H30N6O5S/c1-27(2,3)25-33-32-24(38-25)19-14-28-26(31-23(19)30-20(15-34)16-7-5-4-6-8-16)29-17-9-10-22-18(13-17)21(35)11-12-39(22,36)37/h4-10,13-14,20-21,34-35H,11-12,15H2,1-3H3,(H2,28,29,30,31)/t20-,21?/m1/s1. The first-order valence-corrected chi connectivity index (χ1v) is 14.2. The van der Waals surface area contributed by atoms with E-state index < -0.39 is 22.0 Å². The molecule has 2 aromatic carbocycles. The lowest BCUT2D eigenvalue weighted by Crippen LogP contribution is -2.20. The molecule has 3 heterocycles. The van der Waals surface area contributed by atoms with Gasteiger partial charge in [0.05, 0.1) is 35.0 Å². The van der Waals surface area contributed by atoms with Gasteiger partial charge in [-0.2, -0.15) is 4.98 Å². The molecule has 0 saturated heterocycles. The predicted molar refractivity (Wildman–Crippen MR) is 145 cm³/mol. The first-order valence-electron chi connectivity index (χ1n) is 12.5. The van der Waals surface area contributed by atoms with Crippen molar-refractivity contribution in [2.24, 2.45) is 0 Å². The molecule has 12 heteroatoms. The monoisotopic (exact) mass is 550 g/mol. The average molecular weight is 551 g/mol. The molecule has 0 radical (unpaired) electrons. The van der Waals surface area contributed by atoms with Gasteiger partial charge in [-0.25, -0.2) is 13.4 Å². The summed E-state index contributed by atoms with van der Waals surface area (Å²) in [5.74, 6) is 1.14. The molecule has 2 atom stereocenters. The van der Waals surface area contributed by atoms with E-state index in [-0.39, 0.29) is 40.9 Å². The van der Waals surface area contributed by atoms with Gasteiger partial charge in [0.1, 0.15) is 5.82 Å². The van der Waals surface area contributed by atoms with Gasteiger partial charge in [0.25, 0.3) is 5.89 Å². The summed E-state index contributed by atoms with van der Waals surface area (Å²) in [4.78, 5) is 9.18. The van der Waals surface area contributed by atoms with Crippen LogP contribution in [0.3, 0.4) is 0 Å². The molecule has 0 fully saturated rings. The fraction of sp³-hybridized carbons (Fsp3) is 0.333. The number of nitrogens with one attached hydrogen (secondary N) is 2. The number of nitrogens with zero attached hydrogens (tertiary/aromatic N) is 4. The quantitative estimate of drug-likeness (QED) is 0.264. The van der Waals surface area contributed by atoms with E-state index in [0.717, 1.165) is 5.56 Å². The minimum Gasteiger partial charge on any atom is -0.420 e. The zero-order valence-corrected chi connectivity index (χ0v) is 22.6. The second-order valence-corrected chi connectivity index (χ2v) is 12.5. The van der Waals surface area contributed by atoms with Crippen LogP contribution in [0, 0.1) is 0 Å². The highest BCUT2D eigenvalue weighted by molar-refractivity contribution is 7.91. The third-order valence-electron chi connectivity index (χ3n) is 6.40. The minimum absolute atomic E-state index is 0.0897. The van der Waals surface area contributed by atoms with Crippen LogP contribution in [0.25, 0.3) is 11.5 Å². The second kappa shape index (κ2) is 10.4. The van der Waals surface area contributed by atoms with Crippen molar-refractivity contribution in [3.63, 3.8) is 0 Å². The van der Waals surface area contributed by atoms with Crippen LogP contribution < -0.4 is 10.6 Å². The Morgan fingerprint density at radius 1 is 1.13 bits per heavy atom. The van der Waals surface area contributed by atoms with Crippen molar-refractivity contribution in [2.75, 3.05) is 23.0 Å². The number of aliphatic hydroxyl groups excluding tert-OH is 2. The first-order chi connectivity index (χ1) is 18.5. The van der Waals surface area contributed by atoms with Crippen LogP contribution in [0.4, 0.5) is 17.5 Å². The van der Waals surface area contributed by atoms with E-state index in [1.54, 1.807) is 12.1 Å². The molecule has 4 N–H and O–H groups in total. The van der Waals surface area contributed by atoms with Crippen LogP contribution in [0.1, 0.15) is 56.4 Å². The molecule has 204 valence electrons. The fourth-order valence-corrected chi connectivity index (χ4v) is 5.84. The molecular formula is C27H30N6O5S. The van der Waals surface area contributed by atoms with E-state index in [4.69, 9.17) is 4.42 Å². The highest BCUT2D eigenvalue weighted by Crippen LogP contribution is 2.35. The Balaban J connectivity index is 1.52. The Morgan fingerprint density at radius 2 is 1.90 bits per heavy atom. The summed E-state index contributed by atoms with van der Waals surface area (Å²) in [5, 5.41) is 35.3. The summed E-state index contributed by atoms with van der Waals surface area (Å²) >= 11 is 0. The van der Waals surface area contributed by atoms with Crippen molar-refractivity contribution in [1.82, 2.24) is 20.2 Å². The Bertz CT molecular complexity index is 1580. The Hall–Kier alpha value is -3.87. The summed E-state index contributed by atoms with van der Waals surface area (Å²) in [6.07, 6.45) is 0.798. The number of sulfone groups is 1. The molecule has 2 aromatic heterocycles. The number of hydrogen-bond acceptors (Lipinski definition) is 11. The van der Waals surface area contributed by atoms with E-state index in [1.165, 1.54) is 12.3 Å². The van der Waals surface area contributed by atoms with E-state index >= 15 is 0 Å². The Morgan fingerprint density at radius 3 is 2.59 bits per heavy atom. The van der Waals surface area contributed by atoms with Crippen LogP contribution in [0.15, 0.2) is 64.0 Å². The van der Waals surface area contributed by atoms with Crippen molar-refractivity contribution in [1.29, 1.82) is 0 Å². The number of fused-ring (bicyclic) bond motifs is 1. The molecule has 0 aliphatic carbocycles. The van der Waals surface area contributed by atoms with Crippen molar-refractivity contribution in [2.45, 2.75) is 49.6 Å². The largest absolute Gasteiger partial charge is 0.420 e. The highest BCUT2D eigenvalue weighted by atomic mass is 32.2. The van der Waals surface area contributed by atoms with Gasteiger partial charge in [-0.05, 0) is 30.2 Å². The van der Waals surface area contributed by atoms with Gasteiger partial charge in [0.15, 0.2) is 9.84 Å². The zero-order valence-electron chi connectivity index (χ0n) is 21.8. The molecule has 0 spiro atoms. The topological polar surface area (TPSA) is 163 Å². The number of rotatable bonds is 7. The van der Waals surface area contributed by atoms with Gasteiger partial charge in [-0.15, -0.1) is 10.2 Å². The molecule has 0 saturated carbocycles. The maximum atomic E-state index is 12.4. The van der Waals surface area contributed by atoms with Crippen molar-refractivity contribution in [3.05, 3.63) is 71.7 Å². The van der Waals surface area contributed by atoms with Gasteiger partial charge in [-0.1, -0.05) is 51.1 Å². The van der Waals surface area contributed by atoms with E-state index in [9.17, 15) is 18.6 Å². The predicted octanol–water partition coefficient (Wildman–Crippen LogP) is 3.92. The van der Waals surface area contributed by atoms with Crippen LogP contribution in [-0.4, -0.2) is 51.2 Å². The summed E-state index contributed by atoms with van der Waals surface area (Å²) in [6.45, 7) is 5.69. The molecule has 0 bridgehead atoms. The lowest BCUT2D eigenvalue weighted by atomic mass is 9.97. The average Bonchev–Trinajstić information content (AvgIpc) is 3.41. The van der Waals surface area contributed by atoms with Crippen LogP contribution in [-0.2, 0) is 15.3 Å². The number of anilines is 3. The molecule has 39 heavy (non-hydrogen) atoms. The molecule has 1 aliphatic heterocycles. The normalized spacial score (nSPS) is 17.3. The smallest absolute Gasteiger partial charge is 0.253 e. The highest BCUT2D eigenvalue weighted by Gasteiger charge is 2.29. The molecule has 4 aromatic rings. The lowest BCUT2D eigenvalue weighted by Gasteiger charge is -2.22. The van der Waals surface area contributed by atoms with Gasteiger partial charge < -0.3 is 25.3 Å². The Labute approximate surface area is 226 Å². The fourth-order valence-electron chi connectivity index (χ4n) is 4.26. The minimum atomic E-state index is -3.43. The maximum Gasteiger partial charge on any atom is 0.253 e. The van der Waals surface area contributed by atoms with E-state index in [2.05, 4.69) is 30.8 Å². The summed E-state index contributed by atoms with van der Waals surface area (Å²) in [7, 11) is -3.43. The van der Waals surface area contributed by atoms with Gasteiger partial charge in [0.2, 0.25) is 11.8 Å². The molecule has 5 rings (SSSR count). The molecule has 1 aliphatic rings. The lowest BCUT2D eigenvalue weighted by molar-refractivity contribution is 0.168. The third kappa shape index (κ3) is 5.63. The van der Waals surface area contributed by atoms with Crippen LogP contribution in [0.5, 0.6) is 0 Å². The van der Waals surface area contributed by atoms with Gasteiger partial charge >= 0.3 is 0 Å². The SMILES string of the molecule is CC(C)(C)c1nnc(-c2cnc(Nc3ccc4c(c3)C(O)CCS4(=O)=O)nc2N[C@H](CO)c2ccccc2)o1. The second-order valence-electron chi connectivity index (χ2n) is 10.4. The third-order valence-corrected chi connectivity index (χ3v) is 8.22. The van der Waals surface area contributed by atoms with Crippen LogP contribution >= 0.6 is 0 Å². The number of hydrogen-bond donors (Lipinski definition) is 4. The van der Waals surface area contributed by atoms with Crippen molar-refractivity contribution < 1.29 is 23.0 Å². The molecule has 0 amide bonds. The van der Waals surface area contributed by atoms with Gasteiger partial charge in [-0.3, -0.25) is 0 Å². The summed E-state index contributed by atoms with van der Waals surface area (Å²) in [5.41, 5.74) is 1.79. The molecule has 1 unspecified atom stereocenters. The van der Waals surface area contributed by atoms with Gasteiger partial charge in [0, 0.05) is 22.9 Å². The molecule has 11 nitrogen and oxygen atoms in total. The first kappa shape index (κ1) is 26.7. The maximum absolute atomic E-state index is 12.4. The number of aliphatic hydroxyl groups is 2. The van der Waals surface area contributed by atoms with Crippen molar-refractivity contribution >= 4 is 27.3 Å². The summed E-state index contributed by atoms with van der Waals surface area (Å²) < 4.78 is 30.8. The Kier molecular flexibility index (Phi) is 7.10. The van der Waals surface area contributed by atoms with E-state index in [0.29, 0.717) is 28.5 Å². The number of aromatic nitrogens is 4. The van der Waals surface area contributed by atoms with E-state index in [1.807, 2.05) is 51.1 Å².